The third-order valence-electron chi connectivity index (χ3n) is 7.90. The second-order valence-corrected chi connectivity index (χ2v) is 9.92. The molecule has 2 fully saturated rings. The van der Waals surface area contributed by atoms with Gasteiger partial charge in [0, 0.05) is 12.5 Å². The largest absolute Gasteiger partial charge is 0.448 e. The van der Waals surface area contributed by atoms with Crippen LogP contribution in [0.15, 0.2) is 72.8 Å². The number of nitrogens with zero attached hydrogens (tertiary/aromatic N) is 2. The van der Waals surface area contributed by atoms with Crippen LogP contribution in [-0.2, 0) is 14.4 Å². The van der Waals surface area contributed by atoms with Gasteiger partial charge in [-0.25, -0.2) is 9.59 Å². The lowest BCUT2D eigenvalue weighted by Gasteiger charge is -2.27. The van der Waals surface area contributed by atoms with Crippen molar-refractivity contribution in [3.05, 3.63) is 95.1 Å². The number of hydroxylamine groups is 2. The van der Waals surface area contributed by atoms with Gasteiger partial charge in [-0.05, 0) is 52.6 Å². The van der Waals surface area contributed by atoms with E-state index >= 15 is 0 Å². The van der Waals surface area contributed by atoms with E-state index in [1.165, 1.54) is 17.0 Å². The molecule has 4 aliphatic rings. The summed E-state index contributed by atoms with van der Waals surface area (Å²) in [6.07, 6.45) is 0.188. The standard InChI is InChI=1S/C29H22N2O6/c32-26-21-11-5-6-12-22(21)27(33)31(26)37-28(34)25-23-13-16(23)14-30(25)29(35)36-15-24-19-9-3-1-7-17(19)18-8-2-4-10-20(18)24/h1-12,16,23-25H,13-15H2/t16-,23-,25+/m1/s1. The van der Waals surface area contributed by atoms with Crippen molar-refractivity contribution in [3.8, 4) is 11.1 Å². The van der Waals surface area contributed by atoms with Gasteiger partial charge in [0.2, 0.25) is 0 Å². The number of amides is 3. The highest BCUT2D eigenvalue weighted by Gasteiger charge is 2.59. The third-order valence-corrected chi connectivity index (χ3v) is 7.90. The van der Waals surface area contributed by atoms with Gasteiger partial charge in [0.25, 0.3) is 11.8 Å². The van der Waals surface area contributed by atoms with Crippen molar-refractivity contribution in [1.29, 1.82) is 0 Å². The third kappa shape index (κ3) is 3.28. The fraction of sp³-hybridized carbons (Fsp3) is 0.241. The Hall–Kier alpha value is -4.46. The summed E-state index contributed by atoms with van der Waals surface area (Å²) < 4.78 is 5.77. The Balaban J connectivity index is 1.07. The number of fused-ring (bicyclic) bond motifs is 5. The first-order valence-electron chi connectivity index (χ1n) is 12.3. The van der Waals surface area contributed by atoms with Crippen LogP contribution in [0.3, 0.4) is 0 Å². The monoisotopic (exact) mass is 494 g/mol. The van der Waals surface area contributed by atoms with Gasteiger partial charge in [-0.15, -0.1) is 0 Å². The van der Waals surface area contributed by atoms with Gasteiger partial charge in [-0.2, -0.15) is 0 Å². The molecule has 8 heteroatoms. The zero-order valence-corrected chi connectivity index (χ0v) is 19.7. The van der Waals surface area contributed by atoms with Gasteiger partial charge >= 0.3 is 12.1 Å². The zero-order chi connectivity index (χ0) is 25.3. The van der Waals surface area contributed by atoms with Crippen LogP contribution in [0.2, 0.25) is 0 Å². The van der Waals surface area contributed by atoms with Crippen molar-refractivity contribution < 1.29 is 28.8 Å². The van der Waals surface area contributed by atoms with Crippen LogP contribution in [-0.4, -0.2) is 53.0 Å². The van der Waals surface area contributed by atoms with Gasteiger partial charge in [0.1, 0.15) is 12.6 Å². The molecule has 0 bridgehead atoms. The Kier molecular flexibility index (Phi) is 4.73. The Morgan fingerprint density at radius 1 is 0.784 bits per heavy atom. The Bertz CT molecular complexity index is 1420. The molecule has 2 aliphatic heterocycles. The molecule has 37 heavy (non-hydrogen) atoms. The first-order valence-corrected chi connectivity index (χ1v) is 12.3. The number of piperidine rings is 1. The van der Waals surface area contributed by atoms with Crippen LogP contribution in [0.25, 0.3) is 11.1 Å². The number of hydrogen-bond acceptors (Lipinski definition) is 6. The van der Waals surface area contributed by atoms with E-state index in [0.29, 0.717) is 11.6 Å². The molecule has 3 aromatic carbocycles. The maximum absolute atomic E-state index is 13.2. The van der Waals surface area contributed by atoms with Crippen molar-refractivity contribution in [2.75, 3.05) is 13.2 Å². The van der Waals surface area contributed by atoms with Crippen LogP contribution in [0, 0.1) is 11.8 Å². The molecular weight excluding hydrogens is 472 g/mol. The zero-order valence-electron chi connectivity index (χ0n) is 19.7. The topological polar surface area (TPSA) is 93.2 Å². The number of carbonyl (C=O) groups excluding carboxylic acids is 4. The van der Waals surface area contributed by atoms with E-state index < -0.39 is 29.9 Å². The molecule has 184 valence electrons. The lowest BCUT2D eigenvalue weighted by Crippen LogP contribution is -2.47. The highest BCUT2D eigenvalue weighted by Crippen LogP contribution is 2.50. The fourth-order valence-corrected chi connectivity index (χ4v) is 6.03. The molecule has 0 N–H and O–H groups in total. The molecule has 0 aromatic heterocycles. The number of ether oxygens (including phenoxy) is 1. The molecule has 0 unspecified atom stereocenters. The van der Waals surface area contributed by atoms with Crippen LogP contribution in [0.5, 0.6) is 0 Å². The van der Waals surface area contributed by atoms with Gasteiger partial charge in [0.05, 0.1) is 11.1 Å². The van der Waals surface area contributed by atoms with Gasteiger partial charge in [-0.3, -0.25) is 14.5 Å². The highest BCUT2D eigenvalue weighted by atomic mass is 16.7. The van der Waals surface area contributed by atoms with E-state index in [-0.39, 0.29) is 35.5 Å². The summed E-state index contributed by atoms with van der Waals surface area (Å²) in [5, 5.41) is 0.499. The SMILES string of the molecule is O=C(ON1C(=O)c2ccccc2C1=O)[C@@H]1[C@@H]2C[C@@H]2CN1C(=O)OCC1c2ccccc2-c2ccccc21. The normalized spacial score (nSPS) is 22.9. The quantitative estimate of drug-likeness (QED) is 0.509. The molecule has 3 aromatic rings. The van der Waals surface area contributed by atoms with Crippen molar-refractivity contribution in [2.45, 2.75) is 18.4 Å². The van der Waals surface area contributed by atoms with Gasteiger partial charge in [-0.1, -0.05) is 65.7 Å². The minimum absolute atomic E-state index is 0.0665. The van der Waals surface area contributed by atoms with Crippen molar-refractivity contribution in [1.82, 2.24) is 9.96 Å². The van der Waals surface area contributed by atoms with E-state index in [9.17, 15) is 19.2 Å². The molecule has 0 radical (unpaired) electrons. The summed E-state index contributed by atoms with van der Waals surface area (Å²) in [5.41, 5.74) is 4.83. The van der Waals surface area contributed by atoms with Gasteiger partial charge in [0.15, 0.2) is 0 Å². The second-order valence-electron chi connectivity index (χ2n) is 9.92. The average Bonchev–Trinajstić information content (AvgIpc) is 3.37. The molecule has 1 saturated heterocycles. The first kappa shape index (κ1) is 21.8. The number of benzene rings is 3. The minimum atomic E-state index is -0.898. The summed E-state index contributed by atoms with van der Waals surface area (Å²) in [5.74, 6) is -2.16. The maximum Gasteiger partial charge on any atom is 0.410 e. The van der Waals surface area contributed by atoms with E-state index in [1.54, 1.807) is 12.1 Å². The molecule has 2 heterocycles. The second kappa shape index (κ2) is 8.03. The summed E-state index contributed by atoms with van der Waals surface area (Å²) >= 11 is 0. The molecule has 2 aliphatic carbocycles. The fourth-order valence-electron chi connectivity index (χ4n) is 6.03. The van der Waals surface area contributed by atoms with E-state index in [4.69, 9.17) is 9.57 Å². The molecule has 7 rings (SSSR count). The van der Waals surface area contributed by atoms with Crippen LogP contribution < -0.4 is 0 Å². The molecule has 3 atom stereocenters. The molecule has 0 spiro atoms. The minimum Gasteiger partial charge on any atom is -0.448 e. The number of hydrogen-bond donors (Lipinski definition) is 0. The lowest BCUT2D eigenvalue weighted by atomic mass is 9.98. The van der Waals surface area contributed by atoms with Crippen LogP contribution in [0.4, 0.5) is 4.79 Å². The number of likely N-dealkylation sites (tertiary alicyclic amines) is 1. The number of imide groups is 1. The van der Waals surface area contributed by atoms with Crippen LogP contribution in [0.1, 0.15) is 44.2 Å². The van der Waals surface area contributed by atoms with Gasteiger partial charge < -0.3 is 9.57 Å². The molecule has 8 nitrogen and oxygen atoms in total. The predicted octanol–water partition coefficient (Wildman–Crippen LogP) is 4.01. The Morgan fingerprint density at radius 2 is 1.32 bits per heavy atom. The summed E-state index contributed by atoms with van der Waals surface area (Å²) in [6, 6.07) is 21.5. The van der Waals surface area contributed by atoms with E-state index in [1.807, 2.05) is 36.4 Å². The molecular formula is C29H22N2O6. The molecule has 1 saturated carbocycles. The summed E-state index contributed by atoms with van der Waals surface area (Å²) in [4.78, 5) is 58.3. The molecule has 3 amide bonds. The average molecular weight is 495 g/mol. The highest BCUT2D eigenvalue weighted by molar-refractivity contribution is 6.21. The Labute approximate surface area is 212 Å². The number of rotatable bonds is 4. The van der Waals surface area contributed by atoms with Crippen molar-refractivity contribution in [3.63, 3.8) is 0 Å². The maximum atomic E-state index is 13.2. The summed E-state index contributed by atoms with van der Waals surface area (Å²) in [7, 11) is 0. The number of carbonyl (C=O) groups is 4. The van der Waals surface area contributed by atoms with Crippen molar-refractivity contribution >= 4 is 23.9 Å². The first-order chi connectivity index (χ1) is 18.0. The lowest BCUT2D eigenvalue weighted by molar-refractivity contribution is -0.174. The summed E-state index contributed by atoms with van der Waals surface area (Å²) in [6.45, 7) is 0.516. The van der Waals surface area contributed by atoms with E-state index in [0.717, 1.165) is 28.7 Å². The Morgan fingerprint density at radius 3 is 1.92 bits per heavy atom. The predicted molar refractivity (Wildman–Crippen MR) is 130 cm³/mol. The van der Waals surface area contributed by atoms with Crippen molar-refractivity contribution in [2.24, 2.45) is 11.8 Å². The van der Waals surface area contributed by atoms with E-state index in [2.05, 4.69) is 12.1 Å². The smallest absolute Gasteiger partial charge is 0.410 e. The van der Waals surface area contributed by atoms with Crippen LogP contribution >= 0.6 is 0 Å².